The third-order valence-electron chi connectivity index (χ3n) is 3.97. The van der Waals surface area contributed by atoms with Gasteiger partial charge < -0.3 is 4.42 Å². The number of fused-ring (bicyclic) bond motifs is 1. The van der Waals surface area contributed by atoms with E-state index in [4.69, 9.17) is 27.6 Å². The number of benzene rings is 1. The summed E-state index contributed by atoms with van der Waals surface area (Å²) in [5.74, 6) is 1.14. The summed E-state index contributed by atoms with van der Waals surface area (Å²) in [6.45, 7) is 5.65. The molecule has 0 radical (unpaired) electrons. The molecule has 0 N–H and O–H groups in total. The molecule has 0 saturated carbocycles. The van der Waals surface area contributed by atoms with Gasteiger partial charge in [-0.2, -0.15) is 5.10 Å². The van der Waals surface area contributed by atoms with Crippen molar-refractivity contribution in [3.05, 3.63) is 51.6 Å². The van der Waals surface area contributed by atoms with Gasteiger partial charge in [-0.15, -0.1) is 10.2 Å². The van der Waals surface area contributed by atoms with Crippen LogP contribution in [0.2, 0.25) is 10.0 Å². The summed E-state index contributed by atoms with van der Waals surface area (Å²) in [5.41, 5.74) is 4.56. The first kappa shape index (κ1) is 16.1. The summed E-state index contributed by atoms with van der Waals surface area (Å²) in [4.78, 5) is 4.22. The Labute approximate surface area is 153 Å². The van der Waals surface area contributed by atoms with Gasteiger partial charge in [-0.25, -0.2) is 9.50 Å². The smallest absolute Gasteiger partial charge is 0.249 e. The van der Waals surface area contributed by atoms with Gasteiger partial charge in [0.25, 0.3) is 0 Å². The third-order valence-corrected chi connectivity index (χ3v) is 4.71. The van der Waals surface area contributed by atoms with E-state index >= 15 is 0 Å². The Hall–Kier alpha value is -2.44. The van der Waals surface area contributed by atoms with Gasteiger partial charge >= 0.3 is 0 Å². The van der Waals surface area contributed by atoms with Crippen molar-refractivity contribution in [2.24, 2.45) is 0 Å². The fourth-order valence-electron chi connectivity index (χ4n) is 2.76. The largest absolute Gasteiger partial charge is 0.440 e. The van der Waals surface area contributed by atoms with Gasteiger partial charge in [-0.05, 0) is 38.5 Å². The van der Waals surface area contributed by atoms with Crippen LogP contribution in [0.1, 0.15) is 17.1 Å². The second kappa shape index (κ2) is 5.82. The zero-order valence-electron chi connectivity index (χ0n) is 13.7. The number of aryl methyl sites for hydroxylation is 3. The molecule has 4 rings (SSSR count). The topological polar surface area (TPSA) is 69.1 Å². The van der Waals surface area contributed by atoms with Crippen LogP contribution in [0.3, 0.4) is 0 Å². The molecule has 25 heavy (non-hydrogen) atoms. The molecule has 0 atom stereocenters. The van der Waals surface area contributed by atoms with E-state index in [0.29, 0.717) is 33.0 Å². The van der Waals surface area contributed by atoms with Crippen LogP contribution in [0, 0.1) is 20.8 Å². The highest BCUT2D eigenvalue weighted by Crippen LogP contribution is 2.33. The van der Waals surface area contributed by atoms with Gasteiger partial charge in [0.1, 0.15) is 5.76 Å². The highest BCUT2D eigenvalue weighted by atomic mass is 35.5. The minimum Gasteiger partial charge on any atom is -0.440 e. The summed E-state index contributed by atoms with van der Waals surface area (Å²) >= 11 is 12.2. The molecule has 0 saturated heterocycles. The fraction of sp³-hybridized carbons (Fsp3) is 0.176. The van der Waals surface area contributed by atoms with E-state index in [1.807, 2.05) is 26.8 Å². The molecule has 0 unspecified atom stereocenters. The van der Waals surface area contributed by atoms with Gasteiger partial charge in [-0.1, -0.05) is 29.3 Å². The number of halogens is 2. The van der Waals surface area contributed by atoms with E-state index in [-0.39, 0.29) is 0 Å². The number of hydrogen-bond acceptors (Lipinski definition) is 5. The average Bonchev–Trinajstić information content (AvgIpc) is 3.14. The van der Waals surface area contributed by atoms with Gasteiger partial charge in [0.05, 0.1) is 33.2 Å². The normalized spacial score (nSPS) is 11.4. The Bertz CT molecular complexity index is 1120. The van der Waals surface area contributed by atoms with Crippen LogP contribution in [0.4, 0.5) is 0 Å². The second-order valence-corrected chi connectivity index (χ2v) is 6.55. The average molecular weight is 374 g/mol. The number of aromatic nitrogens is 5. The van der Waals surface area contributed by atoms with Crippen LogP contribution in [-0.2, 0) is 0 Å². The molecule has 0 bridgehead atoms. The standard InChI is InChI=1S/C17H13Cl2N5O/c1-8-7-20-17(25-8)15-10(3)24-16(22-21-15)14(9(2)23-24)11-4-5-12(18)13(19)6-11/h4-7H,1-3H3. The van der Waals surface area contributed by atoms with Crippen molar-refractivity contribution in [2.45, 2.75) is 20.8 Å². The Morgan fingerprint density at radius 2 is 1.84 bits per heavy atom. The molecule has 0 fully saturated rings. The molecule has 8 heteroatoms. The number of oxazole rings is 1. The van der Waals surface area contributed by atoms with E-state index in [1.165, 1.54) is 0 Å². The molecule has 0 aliphatic heterocycles. The van der Waals surface area contributed by atoms with Crippen molar-refractivity contribution < 1.29 is 4.42 Å². The summed E-state index contributed by atoms with van der Waals surface area (Å²) < 4.78 is 7.31. The lowest BCUT2D eigenvalue weighted by Crippen LogP contribution is -2.02. The van der Waals surface area contributed by atoms with E-state index in [1.54, 1.807) is 22.8 Å². The lowest BCUT2D eigenvalue weighted by Gasteiger charge is -2.04. The van der Waals surface area contributed by atoms with Crippen molar-refractivity contribution in [3.8, 4) is 22.7 Å². The van der Waals surface area contributed by atoms with Crippen molar-refractivity contribution in [1.29, 1.82) is 0 Å². The minimum absolute atomic E-state index is 0.425. The predicted molar refractivity (Wildman–Crippen MR) is 95.9 cm³/mol. The Morgan fingerprint density at radius 1 is 1.04 bits per heavy atom. The zero-order chi connectivity index (χ0) is 17.7. The van der Waals surface area contributed by atoms with Crippen molar-refractivity contribution >= 4 is 28.8 Å². The summed E-state index contributed by atoms with van der Waals surface area (Å²) in [7, 11) is 0. The molecule has 1 aromatic carbocycles. The van der Waals surface area contributed by atoms with E-state index in [9.17, 15) is 0 Å². The summed E-state index contributed by atoms with van der Waals surface area (Å²) in [6.07, 6.45) is 1.65. The first-order chi connectivity index (χ1) is 12.0. The lowest BCUT2D eigenvalue weighted by molar-refractivity contribution is 0.537. The summed E-state index contributed by atoms with van der Waals surface area (Å²) in [6, 6.07) is 5.45. The molecule has 3 aromatic heterocycles. The molecular formula is C17H13Cl2N5O. The Balaban J connectivity index is 1.94. The first-order valence-electron chi connectivity index (χ1n) is 7.56. The van der Waals surface area contributed by atoms with Crippen molar-refractivity contribution in [3.63, 3.8) is 0 Å². The van der Waals surface area contributed by atoms with Crippen LogP contribution >= 0.6 is 23.2 Å². The molecular weight excluding hydrogens is 361 g/mol. The van der Waals surface area contributed by atoms with Crippen LogP contribution in [0.15, 0.2) is 28.8 Å². The monoisotopic (exact) mass is 373 g/mol. The van der Waals surface area contributed by atoms with Crippen molar-refractivity contribution in [2.75, 3.05) is 0 Å². The third kappa shape index (κ3) is 2.58. The quantitative estimate of drug-likeness (QED) is 0.510. The van der Waals surface area contributed by atoms with E-state index in [2.05, 4.69) is 20.3 Å². The lowest BCUT2D eigenvalue weighted by atomic mass is 10.1. The molecule has 0 aliphatic carbocycles. The van der Waals surface area contributed by atoms with E-state index < -0.39 is 0 Å². The number of nitrogens with zero attached hydrogens (tertiary/aromatic N) is 5. The number of hydrogen-bond donors (Lipinski definition) is 0. The van der Waals surface area contributed by atoms with Crippen molar-refractivity contribution in [1.82, 2.24) is 24.8 Å². The molecule has 126 valence electrons. The van der Waals surface area contributed by atoms with E-state index in [0.717, 1.165) is 22.5 Å². The SMILES string of the molecule is Cc1cnc(-c2nnc3c(-c4ccc(Cl)c(Cl)c4)c(C)nn3c2C)o1. The highest BCUT2D eigenvalue weighted by Gasteiger charge is 2.20. The van der Waals surface area contributed by atoms with Crippen LogP contribution in [0.25, 0.3) is 28.4 Å². The Kier molecular flexibility index (Phi) is 3.74. The second-order valence-electron chi connectivity index (χ2n) is 5.73. The number of rotatable bonds is 2. The van der Waals surface area contributed by atoms with Gasteiger partial charge in [0.15, 0.2) is 11.3 Å². The van der Waals surface area contributed by atoms with Gasteiger partial charge in [-0.3, -0.25) is 0 Å². The summed E-state index contributed by atoms with van der Waals surface area (Å²) in [5, 5.41) is 14.2. The minimum atomic E-state index is 0.425. The maximum absolute atomic E-state index is 6.16. The van der Waals surface area contributed by atoms with Gasteiger partial charge in [0.2, 0.25) is 5.89 Å². The maximum atomic E-state index is 6.16. The zero-order valence-corrected chi connectivity index (χ0v) is 15.2. The highest BCUT2D eigenvalue weighted by molar-refractivity contribution is 6.42. The Morgan fingerprint density at radius 3 is 2.52 bits per heavy atom. The molecule has 0 spiro atoms. The van der Waals surface area contributed by atoms with Crippen LogP contribution in [-0.4, -0.2) is 24.8 Å². The molecule has 0 aliphatic rings. The first-order valence-corrected chi connectivity index (χ1v) is 8.32. The predicted octanol–water partition coefficient (Wildman–Crippen LogP) is 4.68. The maximum Gasteiger partial charge on any atom is 0.249 e. The van der Waals surface area contributed by atoms with Crippen LogP contribution in [0.5, 0.6) is 0 Å². The van der Waals surface area contributed by atoms with Gasteiger partial charge in [0, 0.05) is 0 Å². The fourth-order valence-corrected chi connectivity index (χ4v) is 3.06. The molecule has 6 nitrogen and oxygen atoms in total. The molecule has 3 heterocycles. The molecule has 0 amide bonds. The van der Waals surface area contributed by atoms with Crippen LogP contribution < -0.4 is 0 Å². The molecule has 4 aromatic rings.